The third-order valence-corrected chi connectivity index (χ3v) is 3.36. The lowest BCUT2D eigenvalue weighted by Crippen LogP contribution is -2.26. The lowest BCUT2D eigenvalue weighted by atomic mass is 10.1. The van der Waals surface area contributed by atoms with Crippen molar-refractivity contribution in [2.75, 3.05) is 7.05 Å². The molecular formula is C14H15ClN2O2. The predicted molar refractivity (Wildman–Crippen MR) is 73.2 cm³/mol. The molecule has 1 heterocycles. The molecule has 1 aromatic carbocycles. The third kappa shape index (κ3) is 2.79. The summed E-state index contributed by atoms with van der Waals surface area (Å²) in [6, 6.07) is 7.02. The molecule has 0 fully saturated rings. The summed E-state index contributed by atoms with van der Waals surface area (Å²) in [5.74, 6) is 0.613. The normalized spacial score (nSPS) is 10.5. The number of benzene rings is 1. The Morgan fingerprint density at radius 1 is 1.37 bits per heavy atom. The fraction of sp³-hybridized carbons (Fsp3) is 0.286. The van der Waals surface area contributed by atoms with Crippen molar-refractivity contribution in [3.8, 4) is 0 Å². The van der Waals surface area contributed by atoms with Crippen molar-refractivity contribution in [2.45, 2.75) is 20.4 Å². The van der Waals surface area contributed by atoms with E-state index in [1.807, 2.05) is 13.8 Å². The zero-order valence-corrected chi connectivity index (χ0v) is 11.9. The van der Waals surface area contributed by atoms with Crippen LogP contribution < -0.4 is 0 Å². The third-order valence-electron chi connectivity index (χ3n) is 3.03. The Kier molecular flexibility index (Phi) is 3.90. The van der Waals surface area contributed by atoms with Gasteiger partial charge in [0.05, 0.1) is 22.8 Å². The van der Waals surface area contributed by atoms with Crippen molar-refractivity contribution in [1.82, 2.24) is 10.1 Å². The van der Waals surface area contributed by atoms with E-state index in [9.17, 15) is 4.79 Å². The molecule has 0 aliphatic rings. The average molecular weight is 279 g/mol. The van der Waals surface area contributed by atoms with Gasteiger partial charge in [0, 0.05) is 12.6 Å². The summed E-state index contributed by atoms with van der Waals surface area (Å²) in [6.45, 7) is 4.15. The summed E-state index contributed by atoms with van der Waals surface area (Å²) in [4.78, 5) is 13.9. The van der Waals surface area contributed by atoms with Gasteiger partial charge in [-0.2, -0.15) is 0 Å². The molecule has 0 saturated carbocycles. The maximum atomic E-state index is 12.3. The van der Waals surface area contributed by atoms with Crippen LogP contribution in [0.5, 0.6) is 0 Å². The Morgan fingerprint density at radius 2 is 2.05 bits per heavy atom. The number of rotatable bonds is 3. The molecule has 0 radical (unpaired) electrons. The largest absolute Gasteiger partial charge is 0.361 e. The Balaban J connectivity index is 2.19. The molecule has 0 saturated heterocycles. The Morgan fingerprint density at radius 3 is 2.63 bits per heavy atom. The van der Waals surface area contributed by atoms with Crippen LogP contribution in [0.1, 0.15) is 27.4 Å². The van der Waals surface area contributed by atoms with Gasteiger partial charge in [0.25, 0.3) is 5.91 Å². The highest BCUT2D eigenvalue weighted by molar-refractivity contribution is 6.33. The molecule has 1 aromatic heterocycles. The van der Waals surface area contributed by atoms with Gasteiger partial charge in [-0.3, -0.25) is 4.79 Å². The average Bonchev–Trinajstić information content (AvgIpc) is 2.70. The number of aryl methyl sites for hydroxylation is 2. The molecule has 19 heavy (non-hydrogen) atoms. The summed E-state index contributed by atoms with van der Waals surface area (Å²) in [6.07, 6.45) is 0. The van der Waals surface area contributed by atoms with E-state index in [1.165, 1.54) is 0 Å². The number of hydrogen-bond donors (Lipinski definition) is 0. The first-order chi connectivity index (χ1) is 9.00. The first-order valence-electron chi connectivity index (χ1n) is 5.92. The number of nitrogens with zero attached hydrogens (tertiary/aromatic N) is 2. The van der Waals surface area contributed by atoms with Crippen LogP contribution in [0.2, 0.25) is 5.02 Å². The Hall–Kier alpha value is -1.81. The number of carbonyl (C=O) groups is 1. The van der Waals surface area contributed by atoms with Crippen LogP contribution in [-0.4, -0.2) is 23.0 Å². The van der Waals surface area contributed by atoms with Crippen molar-refractivity contribution >= 4 is 17.5 Å². The zero-order valence-electron chi connectivity index (χ0n) is 11.1. The standard InChI is InChI=1S/C14H15ClN2O2/c1-9-12(10(2)19-16-9)8-17(3)14(18)11-6-4-5-7-13(11)15/h4-7H,8H2,1-3H3. The maximum Gasteiger partial charge on any atom is 0.255 e. The van der Waals surface area contributed by atoms with Crippen LogP contribution in [0.25, 0.3) is 0 Å². The van der Waals surface area contributed by atoms with E-state index in [0.29, 0.717) is 17.1 Å². The van der Waals surface area contributed by atoms with E-state index in [-0.39, 0.29) is 5.91 Å². The van der Waals surface area contributed by atoms with Gasteiger partial charge < -0.3 is 9.42 Å². The summed E-state index contributed by atoms with van der Waals surface area (Å²) >= 11 is 6.03. The van der Waals surface area contributed by atoms with Gasteiger partial charge in [-0.1, -0.05) is 28.9 Å². The summed E-state index contributed by atoms with van der Waals surface area (Å²) in [7, 11) is 1.73. The monoisotopic (exact) mass is 278 g/mol. The quantitative estimate of drug-likeness (QED) is 0.866. The van der Waals surface area contributed by atoms with Gasteiger partial charge in [-0.25, -0.2) is 0 Å². The maximum absolute atomic E-state index is 12.3. The number of aromatic nitrogens is 1. The molecule has 0 N–H and O–H groups in total. The molecular weight excluding hydrogens is 264 g/mol. The second-order valence-corrected chi connectivity index (χ2v) is 4.85. The smallest absolute Gasteiger partial charge is 0.255 e. The first-order valence-corrected chi connectivity index (χ1v) is 6.30. The van der Waals surface area contributed by atoms with E-state index in [2.05, 4.69) is 5.16 Å². The first kappa shape index (κ1) is 13.6. The van der Waals surface area contributed by atoms with Gasteiger partial charge >= 0.3 is 0 Å². The molecule has 0 atom stereocenters. The molecule has 2 rings (SSSR count). The minimum absolute atomic E-state index is 0.120. The Bertz CT molecular complexity index is 588. The summed E-state index contributed by atoms with van der Waals surface area (Å²) in [5, 5.41) is 4.34. The lowest BCUT2D eigenvalue weighted by Gasteiger charge is -2.17. The van der Waals surface area contributed by atoms with Crippen LogP contribution in [-0.2, 0) is 6.54 Å². The second-order valence-electron chi connectivity index (χ2n) is 4.44. The van der Waals surface area contributed by atoms with Crippen LogP contribution >= 0.6 is 11.6 Å². The van der Waals surface area contributed by atoms with E-state index < -0.39 is 0 Å². The number of carbonyl (C=O) groups excluding carboxylic acids is 1. The fourth-order valence-electron chi connectivity index (χ4n) is 1.88. The van der Waals surface area contributed by atoms with Gasteiger partial charge in [-0.05, 0) is 26.0 Å². The molecule has 0 spiro atoms. The van der Waals surface area contributed by atoms with Crippen LogP contribution in [0.15, 0.2) is 28.8 Å². The molecule has 0 aliphatic heterocycles. The fourth-order valence-corrected chi connectivity index (χ4v) is 2.09. The van der Waals surface area contributed by atoms with E-state index >= 15 is 0 Å². The molecule has 0 aliphatic carbocycles. The highest BCUT2D eigenvalue weighted by atomic mass is 35.5. The molecule has 2 aromatic rings. The second kappa shape index (κ2) is 5.45. The lowest BCUT2D eigenvalue weighted by molar-refractivity contribution is 0.0784. The highest BCUT2D eigenvalue weighted by Gasteiger charge is 2.18. The molecule has 4 nitrogen and oxygen atoms in total. The summed E-state index contributed by atoms with van der Waals surface area (Å²) in [5.41, 5.74) is 2.23. The number of halogens is 1. The van der Waals surface area contributed by atoms with Crippen LogP contribution in [0.3, 0.4) is 0 Å². The van der Waals surface area contributed by atoms with Gasteiger partial charge in [0.1, 0.15) is 5.76 Å². The van der Waals surface area contributed by atoms with Crippen molar-refractivity contribution in [1.29, 1.82) is 0 Å². The summed E-state index contributed by atoms with van der Waals surface area (Å²) < 4.78 is 5.09. The van der Waals surface area contributed by atoms with Gasteiger partial charge in [0.2, 0.25) is 0 Å². The van der Waals surface area contributed by atoms with E-state index in [4.69, 9.17) is 16.1 Å². The van der Waals surface area contributed by atoms with Crippen molar-refractivity contribution < 1.29 is 9.32 Å². The molecule has 0 unspecified atom stereocenters. The zero-order chi connectivity index (χ0) is 14.0. The van der Waals surface area contributed by atoms with Gasteiger partial charge in [-0.15, -0.1) is 0 Å². The predicted octanol–water partition coefficient (Wildman–Crippen LogP) is 3.22. The van der Waals surface area contributed by atoms with E-state index in [0.717, 1.165) is 17.0 Å². The SMILES string of the molecule is Cc1noc(C)c1CN(C)C(=O)c1ccccc1Cl. The molecule has 5 heteroatoms. The highest BCUT2D eigenvalue weighted by Crippen LogP contribution is 2.19. The van der Waals surface area contributed by atoms with Crippen molar-refractivity contribution in [3.63, 3.8) is 0 Å². The molecule has 1 amide bonds. The van der Waals surface area contributed by atoms with Gasteiger partial charge in [0.15, 0.2) is 0 Å². The number of amides is 1. The van der Waals surface area contributed by atoms with Crippen LogP contribution in [0.4, 0.5) is 0 Å². The minimum Gasteiger partial charge on any atom is -0.361 e. The number of hydrogen-bond acceptors (Lipinski definition) is 3. The Labute approximate surface area is 117 Å². The van der Waals surface area contributed by atoms with Crippen molar-refractivity contribution in [3.05, 3.63) is 51.9 Å². The minimum atomic E-state index is -0.120. The molecule has 100 valence electrons. The van der Waals surface area contributed by atoms with Crippen molar-refractivity contribution in [2.24, 2.45) is 0 Å². The molecule has 0 bridgehead atoms. The van der Waals surface area contributed by atoms with E-state index in [1.54, 1.807) is 36.2 Å². The topological polar surface area (TPSA) is 46.3 Å². The van der Waals surface area contributed by atoms with Crippen LogP contribution in [0, 0.1) is 13.8 Å².